The monoisotopic (exact) mass is 442 g/mol. The van der Waals surface area contributed by atoms with Crippen LogP contribution in [0.2, 0.25) is 0 Å². The molecule has 0 saturated heterocycles. The quantitative estimate of drug-likeness (QED) is 0.310. The Kier molecular flexibility index (Phi) is 7.53. The first kappa shape index (κ1) is 21.9. The second kappa shape index (κ2) is 10.3. The number of rotatable bonds is 8. The van der Waals surface area contributed by atoms with Crippen LogP contribution in [-0.4, -0.2) is 38.7 Å². The highest BCUT2D eigenvalue weighted by molar-refractivity contribution is 7.99. The third kappa shape index (κ3) is 6.11. The smallest absolute Gasteiger partial charge is 0.350 e. The van der Waals surface area contributed by atoms with E-state index in [1.165, 1.54) is 18.1 Å². The molecule has 7 nitrogen and oxygen atoms in total. The molecule has 30 heavy (non-hydrogen) atoms. The van der Waals surface area contributed by atoms with E-state index in [2.05, 4.69) is 20.3 Å². The zero-order valence-electron chi connectivity index (χ0n) is 16.9. The number of aromatic nitrogens is 3. The van der Waals surface area contributed by atoms with Gasteiger partial charge in [0.25, 0.3) is 0 Å². The van der Waals surface area contributed by atoms with Crippen molar-refractivity contribution < 1.29 is 14.3 Å². The first-order valence-electron chi connectivity index (χ1n) is 9.41. The molecule has 3 rings (SSSR count). The van der Waals surface area contributed by atoms with Gasteiger partial charge in [-0.15, -0.1) is 11.8 Å². The summed E-state index contributed by atoms with van der Waals surface area (Å²) in [7, 11) is 0. The second-order valence-electron chi connectivity index (χ2n) is 6.64. The third-order valence-corrected chi connectivity index (χ3v) is 5.84. The van der Waals surface area contributed by atoms with E-state index in [-0.39, 0.29) is 12.0 Å². The molecule has 0 atom stereocenters. The molecule has 9 heteroatoms. The molecule has 1 amide bonds. The van der Waals surface area contributed by atoms with Gasteiger partial charge in [0.1, 0.15) is 11.2 Å². The fraction of sp³-hybridized carbons (Fsp3) is 0.286. The Morgan fingerprint density at radius 3 is 2.70 bits per heavy atom. The first-order chi connectivity index (χ1) is 14.4. The number of thiazole rings is 1. The molecular formula is C21H22N4O3S2. The highest BCUT2D eigenvalue weighted by atomic mass is 32.2. The van der Waals surface area contributed by atoms with Crippen molar-refractivity contribution in [2.75, 3.05) is 11.1 Å². The van der Waals surface area contributed by atoms with Crippen molar-refractivity contribution in [1.82, 2.24) is 15.0 Å². The van der Waals surface area contributed by atoms with E-state index < -0.39 is 5.97 Å². The number of hydrogen-bond acceptors (Lipinski definition) is 8. The Balaban J connectivity index is 1.52. The third-order valence-electron chi connectivity index (χ3n) is 3.86. The molecule has 0 saturated carbocycles. The number of carbonyl (C=O) groups is 2. The fourth-order valence-corrected chi connectivity index (χ4v) is 4.20. The summed E-state index contributed by atoms with van der Waals surface area (Å²) in [6.07, 6.45) is 1.61. The number of carbonyl (C=O) groups excluding carboxylic acids is 2. The average Bonchev–Trinajstić information content (AvgIpc) is 3.08. The molecule has 0 fully saturated rings. The summed E-state index contributed by atoms with van der Waals surface area (Å²) in [5.41, 5.74) is 2.41. The van der Waals surface area contributed by atoms with Crippen molar-refractivity contribution in [3.8, 4) is 11.3 Å². The molecule has 2 heterocycles. The summed E-state index contributed by atoms with van der Waals surface area (Å²) in [5, 5.41) is 3.95. The summed E-state index contributed by atoms with van der Waals surface area (Å²) >= 11 is 2.61. The molecule has 2 aromatic heterocycles. The molecule has 1 N–H and O–H groups in total. The Hall–Kier alpha value is -2.78. The largest absolute Gasteiger partial charge is 0.459 e. The number of ether oxygens (including phenoxy) is 1. The molecule has 0 radical (unpaired) electrons. The van der Waals surface area contributed by atoms with Crippen LogP contribution < -0.4 is 5.32 Å². The SMILES string of the molecule is Cc1nc(NC(=O)CCSc2cc(-c3ccccc3)ncn2)sc1C(=O)OC(C)C. The summed E-state index contributed by atoms with van der Waals surface area (Å²) in [6, 6.07) is 11.8. The number of esters is 1. The van der Waals surface area contributed by atoms with Crippen LogP contribution in [0.15, 0.2) is 47.8 Å². The van der Waals surface area contributed by atoms with Crippen LogP contribution in [0, 0.1) is 6.92 Å². The van der Waals surface area contributed by atoms with E-state index in [9.17, 15) is 9.59 Å². The molecule has 1 aromatic carbocycles. The molecule has 0 unspecified atom stereocenters. The van der Waals surface area contributed by atoms with E-state index in [4.69, 9.17) is 4.74 Å². The van der Waals surface area contributed by atoms with Gasteiger partial charge >= 0.3 is 5.97 Å². The lowest BCUT2D eigenvalue weighted by Gasteiger charge is -2.05. The predicted molar refractivity (Wildman–Crippen MR) is 119 cm³/mol. The minimum absolute atomic E-state index is 0.169. The number of benzene rings is 1. The van der Waals surface area contributed by atoms with Gasteiger partial charge < -0.3 is 10.1 Å². The molecule has 0 aliphatic carbocycles. The van der Waals surface area contributed by atoms with E-state index in [1.54, 1.807) is 20.8 Å². The van der Waals surface area contributed by atoms with Crippen LogP contribution in [0.5, 0.6) is 0 Å². The number of aryl methyl sites for hydroxylation is 1. The predicted octanol–water partition coefficient (Wildman–Crippen LogP) is 4.59. The minimum Gasteiger partial charge on any atom is -0.459 e. The second-order valence-corrected chi connectivity index (χ2v) is 8.76. The van der Waals surface area contributed by atoms with Crippen molar-refractivity contribution in [2.45, 2.75) is 38.3 Å². The van der Waals surface area contributed by atoms with Crippen LogP contribution in [0.25, 0.3) is 11.3 Å². The fourth-order valence-electron chi connectivity index (χ4n) is 2.52. The van der Waals surface area contributed by atoms with E-state index in [1.807, 2.05) is 36.4 Å². The molecular weight excluding hydrogens is 420 g/mol. The Morgan fingerprint density at radius 1 is 1.20 bits per heavy atom. The highest BCUT2D eigenvalue weighted by Crippen LogP contribution is 2.25. The van der Waals surface area contributed by atoms with Crippen LogP contribution >= 0.6 is 23.1 Å². The topological polar surface area (TPSA) is 94.1 Å². The van der Waals surface area contributed by atoms with E-state index >= 15 is 0 Å². The minimum atomic E-state index is -0.422. The van der Waals surface area contributed by atoms with Crippen molar-refractivity contribution >= 4 is 40.1 Å². The number of thioether (sulfide) groups is 1. The molecule has 0 spiro atoms. The van der Waals surface area contributed by atoms with Gasteiger partial charge in [-0.2, -0.15) is 0 Å². The van der Waals surface area contributed by atoms with Gasteiger partial charge in [0.15, 0.2) is 5.13 Å². The Morgan fingerprint density at radius 2 is 1.97 bits per heavy atom. The lowest BCUT2D eigenvalue weighted by Crippen LogP contribution is -2.12. The first-order valence-corrected chi connectivity index (χ1v) is 11.2. The Labute approximate surface area is 183 Å². The number of nitrogens with zero attached hydrogens (tertiary/aromatic N) is 3. The van der Waals surface area contributed by atoms with Crippen LogP contribution in [-0.2, 0) is 9.53 Å². The van der Waals surface area contributed by atoms with Crippen molar-refractivity contribution in [1.29, 1.82) is 0 Å². The highest BCUT2D eigenvalue weighted by Gasteiger charge is 2.18. The normalized spacial score (nSPS) is 10.8. The summed E-state index contributed by atoms with van der Waals surface area (Å²) in [4.78, 5) is 37.5. The van der Waals surface area contributed by atoms with Crippen LogP contribution in [0.4, 0.5) is 5.13 Å². The number of amides is 1. The van der Waals surface area contributed by atoms with Gasteiger partial charge in [0.05, 0.1) is 22.5 Å². The van der Waals surface area contributed by atoms with Gasteiger partial charge in [-0.3, -0.25) is 4.79 Å². The lowest BCUT2D eigenvalue weighted by molar-refractivity contribution is -0.115. The van der Waals surface area contributed by atoms with Crippen LogP contribution in [0.1, 0.15) is 35.6 Å². The zero-order valence-corrected chi connectivity index (χ0v) is 18.5. The summed E-state index contributed by atoms with van der Waals surface area (Å²) in [6.45, 7) is 5.29. The van der Waals surface area contributed by atoms with Crippen LogP contribution in [0.3, 0.4) is 0 Å². The van der Waals surface area contributed by atoms with Crippen molar-refractivity contribution in [2.24, 2.45) is 0 Å². The molecule has 156 valence electrons. The van der Waals surface area contributed by atoms with E-state index in [0.717, 1.165) is 27.6 Å². The maximum atomic E-state index is 12.3. The number of hydrogen-bond donors (Lipinski definition) is 1. The maximum Gasteiger partial charge on any atom is 0.350 e. The summed E-state index contributed by atoms with van der Waals surface area (Å²) < 4.78 is 5.19. The Bertz CT molecular complexity index is 1020. The number of nitrogens with one attached hydrogen (secondary N) is 1. The van der Waals surface area contributed by atoms with Crippen molar-refractivity contribution in [3.05, 3.63) is 53.3 Å². The molecule has 0 aliphatic heterocycles. The average molecular weight is 443 g/mol. The van der Waals surface area contributed by atoms with E-state index in [0.29, 0.717) is 27.9 Å². The van der Waals surface area contributed by atoms with Gasteiger partial charge in [0, 0.05) is 17.7 Å². The van der Waals surface area contributed by atoms with Gasteiger partial charge in [-0.1, -0.05) is 41.7 Å². The standard InChI is InChI=1S/C21H22N4O3S2/c1-13(2)28-20(27)19-14(3)24-21(30-19)25-17(26)9-10-29-18-11-16(22-12-23-18)15-7-5-4-6-8-15/h4-8,11-13H,9-10H2,1-3H3,(H,24,25,26). The van der Waals surface area contributed by atoms with Gasteiger partial charge in [-0.25, -0.2) is 19.7 Å². The molecule has 3 aromatic rings. The lowest BCUT2D eigenvalue weighted by atomic mass is 10.1. The summed E-state index contributed by atoms with van der Waals surface area (Å²) in [5.74, 6) is -0.0321. The maximum absolute atomic E-state index is 12.3. The molecule has 0 bridgehead atoms. The molecule has 0 aliphatic rings. The van der Waals surface area contributed by atoms with Crippen molar-refractivity contribution in [3.63, 3.8) is 0 Å². The zero-order chi connectivity index (χ0) is 21.5. The van der Waals surface area contributed by atoms with Gasteiger partial charge in [-0.05, 0) is 26.8 Å². The van der Waals surface area contributed by atoms with Gasteiger partial charge in [0.2, 0.25) is 5.91 Å². The number of anilines is 1.